The maximum Gasteiger partial charge on any atom is 0.338 e. The van der Waals surface area contributed by atoms with E-state index < -0.39 is 71.7 Å². The summed E-state index contributed by atoms with van der Waals surface area (Å²) in [6.45, 7) is 1.56. The van der Waals surface area contributed by atoms with Crippen molar-refractivity contribution in [3.05, 3.63) is 182 Å². The zero-order valence-corrected chi connectivity index (χ0v) is 37.4. The molecule has 0 saturated carbocycles. The number of rotatable bonds is 20. The molecule has 0 aliphatic carbocycles. The van der Waals surface area contributed by atoms with Gasteiger partial charge >= 0.3 is 23.9 Å². The van der Waals surface area contributed by atoms with Crippen LogP contribution >= 0.6 is 0 Å². The Labute approximate surface area is 391 Å². The van der Waals surface area contributed by atoms with E-state index in [0.717, 1.165) is 32.1 Å². The van der Waals surface area contributed by atoms with E-state index in [1.807, 2.05) is 0 Å². The Hall–Kier alpha value is -7.85. The van der Waals surface area contributed by atoms with Gasteiger partial charge < -0.3 is 37.7 Å². The van der Waals surface area contributed by atoms with Gasteiger partial charge in [0.05, 0.1) is 39.3 Å². The molecule has 16 nitrogen and oxygen atoms in total. The quantitative estimate of drug-likeness (QED) is 0.0231. The van der Waals surface area contributed by atoms with E-state index in [2.05, 4.69) is 6.92 Å². The summed E-state index contributed by atoms with van der Waals surface area (Å²) in [7, 11) is 1.43. The molecule has 0 spiro atoms. The van der Waals surface area contributed by atoms with Crippen LogP contribution < -0.4 is 15.0 Å². The van der Waals surface area contributed by atoms with Crippen LogP contribution in [-0.2, 0) is 30.7 Å². The van der Waals surface area contributed by atoms with Crippen molar-refractivity contribution in [2.24, 2.45) is 7.05 Å². The number of aryl methyl sites for hydroxylation is 1. The van der Waals surface area contributed by atoms with E-state index in [1.165, 1.54) is 78.3 Å². The number of hydrogen-bond acceptors (Lipinski definition) is 14. The molecule has 0 bridgehead atoms. The number of carbonyl (C=O) groups is 4. The molecule has 1 fully saturated rings. The number of carbonyl (C=O) groups excluding carboxylic acids is 4. The number of nitro benzene ring substituents is 1. The summed E-state index contributed by atoms with van der Waals surface area (Å²) < 4.78 is 45.0. The van der Waals surface area contributed by atoms with E-state index in [9.17, 15) is 34.1 Å². The van der Waals surface area contributed by atoms with Gasteiger partial charge in [-0.2, -0.15) is 0 Å². The summed E-state index contributed by atoms with van der Waals surface area (Å²) in [5.74, 6) is -4.06. The number of unbranched alkanes of at least 4 members (excludes halogenated alkanes) is 5. The molecule has 7 rings (SSSR count). The molecule has 5 aromatic carbocycles. The van der Waals surface area contributed by atoms with Gasteiger partial charge in [0, 0.05) is 24.6 Å². The van der Waals surface area contributed by atoms with Gasteiger partial charge in [-0.3, -0.25) is 14.9 Å². The molecule has 16 heteroatoms. The van der Waals surface area contributed by atoms with Gasteiger partial charge in [-0.05, 0) is 61.0 Å². The normalized spacial score (nSPS) is 17.6. The molecule has 6 aromatic rings. The SMILES string of the molecule is CCCCCCCCOc1c(O[C@@H]2O[C@H](COC(=O)c3ccccc3)[C@@H](OC(=O)c3ccccc3)[C@H](OC(=O)c3ccccc3)[C@H]2OC(=O)c2ccccc2)c2ccc([N+](=O)[O-])cc2n(C)c1=O. The second-order valence-electron chi connectivity index (χ2n) is 15.9. The second-order valence-corrected chi connectivity index (χ2v) is 15.9. The smallest absolute Gasteiger partial charge is 0.338 e. The highest BCUT2D eigenvalue weighted by Gasteiger charge is 2.54. The van der Waals surface area contributed by atoms with Crippen LogP contribution in [0.25, 0.3) is 10.9 Å². The van der Waals surface area contributed by atoms with Crippen LogP contribution in [0.15, 0.2) is 144 Å². The topological polar surface area (TPSA) is 198 Å². The second kappa shape index (κ2) is 23.1. The third kappa shape index (κ3) is 11.7. The molecule has 5 atom stereocenters. The van der Waals surface area contributed by atoms with E-state index in [4.69, 9.17) is 33.2 Å². The van der Waals surface area contributed by atoms with Crippen LogP contribution in [0.2, 0.25) is 0 Å². The molecule has 0 radical (unpaired) electrons. The molecular formula is C52H50N2O14. The van der Waals surface area contributed by atoms with Crippen molar-refractivity contribution in [2.75, 3.05) is 13.2 Å². The highest BCUT2D eigenvalue weighted by molar-refractivity contribution is 5.92. The van der Waals surface area contributed by atoms with Crippen LogP contribution in [0.5, 0.6) is 11.5 Å². The van der Waals surface area contributed by atoms with Gasteiger partial charge in [-0.15, -0.1) is 0 Å². The zero-order valence-electron chi connectivity index (χ0n) is 37.4. The Kier molecular flexibility index (Phi) is 16.3. The van der Waals surface area contributed by atoms with Gasteiger partial charge in [-0.1, -0.05) is 112 Å². The van der Waals surface area contributed by atoms with Crippen LogP contribution in [0.3, 0.4) is 0 Å². The van der Waals surface area contributed by atoms with Crippen LogP contribution in [0.1, 0.15) is 86.9 Å². The summed E-state index contributed by atoms with van der Waals surface area (Å²) in [5, 5.41) is 12.1. The fraction of sp³-hybridized carbons (Fsp3) is 0.288. The van der Waals surface area contributed by atoms with Crippen molar-refractivity contribution in [1.82, 2.24) is 4.57 Å². The van der Waals surface area contributed by atoms with Gasteiger partial charge in [0.1, 0.15) is 12.7 Å². The number of non-ortho nitro benzene ring substituents is 1. The molecule has 0 amide bonds. The number of aromatic nitrogens is 1. The predicted octanol–water partition coefficient (Wildman–Crippen LogP) is 8.82. The Bertz CT molecular complexity index is 2750. The summed E-state index contributed by atoms with van der Waals surface area (Å²) in [6, 6.07) is 35.5. The lowest BCUT2D eigenvalue weighted by Gasteiger charge is -2.44. The largest absolute Gasteiger partial charge is 0.485 e. The maximum atomic E-state index is 14.3. The number of fused-ring (bicyclic) bond motifs is 1. The van der Waals surface area contributed by atoms with Crippen molar-refractivity contribution < 1.29 is 57.3 Å². The highest BCUT2D eigenvalue weighted by atomic mass is 16.7. The number of nitrogens with zero attached hydrogens (tertiary/aromatic N) is 2. The maximum absolute atomic E-state index is 14.3. The first-order valence-electron chi connectivity index (χ1n) is 22.3. The predicted molar refractivity (Wildman–Crippen MR) is 248 cm³/mol. The minimum Gasteiger partial charge on any atom is -0.485 e. The average Bonchev–Trinajstić information content (AvgIpc) is 3.37. The van der Waals surface area contributed by atoms with Crippen molar-refractivity contribution in [3.63, 3.8) is 0 Å². The lowest BCUT2D eigenvalue weighted by molar-refractivity contribution is -0.384. The van der Waals surface area contributed by atoms with Crippen LogP contribution in [0, 0.1) is 10.1 Å². The first-order chi connectivity index (χ1) is 33.0. The molecule has 0 unspecified atom stereocenters. The Morgan fingerprint density at radius 2 is 1.10 bits per heavy atom. The average molecular weight is 927 g/mol. The summed E-state index contributed by atoms with van der Waals surface area (Å²) >= 11 is 0. The van der Waals surface area contributed by atoms with Gasteiger partial charge in [0.15, 0.2) is 18.0 Å². The molecule has 352 valence electrons. The first-order valence-corrected chi connectivity index (χ1v) is 22.3. The molecule has 2 heterocycles. The Balaban J connectivity index is 1.38. The number of nitro groups is 1. The molecule has 1 saturated heterocycles. The lowest BCUT2D eigenvalue weighted by atomic mass is 9.97. The van der Waals surface area contributed by atoms with Gasteiger partial charge in [-0.25, -0.2) is 19.2 Å². The van der Waals surface area contributed by atoms with Gasteiger partial charge in [0.25, 0.3) is 11.2 Å². The van der Waals surface area contributed by atoms with Crippen molar-refractivity contribution in [1.29, 1.82) is 0 Å². The standard InChI is InChI=1S/C52H50N2O14/c1-3-4-5-6-7-20-31-62-45-42(39-30-29-38(54(60)61)32-40(39)53(2)47(45)55)68-52-46(67-51(59)37-27-18-11-19-28-37)44(66-50(58)36-25-16-10-17-26-36)43(65-49(57)35-23-14-9-15-24-35)41(64-52)33-63-48(56)34-21-12-8-13-22-34/h8-19,21-30,32,41,43-44,46,52H,3-7,20,31,33H2,1-2H3/t41-,43-,44+,46-,52+/m1/s1. The van der Waals surface area contributed by atoms with Crippen molar-refractivity contribution >= 4 is 40.5 Å². The monoisotopic (exact) mass is 926 g/mol. The van der Waals surface area contributed by atoms with E-state index in [1.54, 1.807) is 72.8 Å². The lowest BCUT2D eigenvalue weighted by Crippen LogP contribution is -2.64. The first kappa shape index (κ1) is 48.1. The summed E-state index contributed by atoms with van der Waals surface area (Å²) in [5.41, 5.74) is -0.524. The van der Waals surface area contributed by atoms with E-state index in [-0.39, 0.29) is 57.0 Å². The molecule has 1 aliphatic heterocycles. The number of benzene rings is 5. The van der Waals surface area contributed by atoms with E-state index in [0.29, 0.717) is 6.42 Å². The number of pyridine rings is 1. The number of ether oxygens (including phenoxy) is 7. The minimum absolute atomic E-state index is 0.0745. The van der Waals surface area contributed by atoms with Crippen LogP contribution in [-0.4, -0.2) is 77.3 Å². The molecule has 1 aromatic heterocycles. The molecule has 68 heavy (non-hydrogen) atoms. The fourth-order valence-corrected chi connectivity index (χ4v) is 7.62. The molecule has 1 aliphatic rings. The summed E-state index contributed by atoms with van der Waals surface area (Å²) in [4.78, 5) is 81.5. The molecule has 0 N–H and O–H groups in total. The highest BCUT2D eigenvalue weighted by Crippen LogP contribution is 2.39. The zero-order chi connectivity index (χ0) is 48.0. The summed E-state index contributed by atoms with van der Waals surface area (Å²) in [6.07, 6.45) is -3.13. The minimum atomic E-state index is -1.86. The van der Waals surface area contributed by atoms with E-state index >= 15 is 0 Å². The third-order valence-electron chi connectivity index (χ3n) is 11.2. The Morgan fingerprint density at radius 3 is 1.63 bits per heavy atom. The van der Waals surface area contributed by atoms with Crippen molar-refractivity contribution in [2.45, 2.75) is 76.2 Å². The van der Waals surface area contributed by atoms with Crippen LogP contribution in [0.4, 0.5) is 5.69 Å². The van der Waals surface area contributed by atoms with Crippen molar-refractivity contribution in [3.8, 4) is 11.5 Å². The van der Waals surface area contributed by atoms with Gasteiger partial charge in [0.2, 0.25) is 18.1 Å². The molecular weight excluding hydrogens is 877 g/mol. The fourth-order valence-electron chi connectivity index (χ4n) is 7.62. The Morgan fingerprint density at radius 1 is 0.618 bits per heavy atom. The number of hydrogen-bond donors (Lipinski definition) is 0. The third-order valence-corrected chi connectivity index (χ3v) is 11.2. The number of esters is 4.